The van der Waals surface area contributed by atoms with E-state index >= 15 is 4.39 Å². The molecule has 0 bridgehead atoms. The highest BCUT2D eigenvalue weighted by molar-refractivity contribution is 5.94. The first-order valence-electron chi connectivity index (χ1n) is 10.8. The Bertz CT molecular complexity index is 1240. The van der Waals surface area contributed by atoms with Gasteiger partial charge in [-0.3, -0.25) is 9.78 Å². The van der Waals surface area contributed by atoms with E-state index in [1.807, 2.05) is 0 Å². The quantitative estimate of drug-likeness (QED) is 0.498. The molecule has 1 amide bonds. The summed E-state index contributed by atoms with van der Waals surface area (Å²) in [5, 5.41) is 16.2. The SMILES string of the molecule is CC(C)(C)C(=O)Nc1cc(F)c(F)c(C(O)c2ccc3nc(C4CNCCO4)cnc3c2)c1F. The van der Waals surface area contributed by atoms with Crippen LogP contribution in [-0.4, -0.2) is 40.7 Å². The molecule has 2 heterocycles. The molecule has 4 rings (SSSR count). The van der Waals surface area contributed by atoms with E-state index in [0.29, 0.717) is 35.9 Å². The Labute approximate surface area is 194 Å². The average Bonchev–Trinajstić information content (AvgIpc) is 2.81. The van der Waals surface area contributed by atoms with Gasteiger partial charge in [-0.1, -0.05) is 26.8 Å². The second-order valence-corrected chi connectivity index (χ2v) is 9.16. The van der Waals surface area contributed by atoms with Crippen molar-refractivity contribution in [2.45, 2.75) is 33.0 Å². The number of amides is 1. The van der Waals surface area contributed by atoms with Crippen molar-refractivity contribution in [3.8, 4) is 0 Å². The number of rotatable bonds is 4. The summed E-state index contributed by atoms with van der Waals surface area (Å²) in [7, 11) is 0. The summed E-state index contributed by atoms with van der Waals surface area (Å²) in [6.45, 7) is 6.69. The average molecular weight is 474 g/mol. The molecular weight excluding hydrogens is 449 g/mol. The summed E-state index contributed by atoms with van der Waals surface area (Å²) >= 11 is 0. The van der Waals surface area contributed by atoms with Gasteiger partial charge in [-0.2, -0.15) is 0 Å². The minimum Gasteiger partial charge on any atom is -0.383 e. The number of nitrogens with zero attached hydrogens (tertiary/aromatic N) is 2. The van der Waals surface area contributed by atoms with Gasteiger partial charge in [0.1, 0.15) is 12.2 Å². The molecule has 180 valence electrons. The minimum atomic E-state index is -1.85. The molecule has 34 heavy (non-hydrogen) atoms. The van der Waals surface area contributed by atoms with Crippen molar-refractivity contribution in [2.24, 2.45) is 5.41 Å². The maximum atomic E-state index is 15.1. The summed E-state index contributed by atoms with van der Waals surface area (Å²) in [5.74, 6) is -4.78. The van der Waals surface area contributed by atoms with Crippen LogP contribution in [0.15, 0.2) is 30.5 Å². The lowest BCUT2D eigenvalue weighted by Crippen LogP contribution is -2.33. The van der Waals surface area contributed by atoms with Gasteiger partial charge in [0, 0.05) is 24.6 Å². The molecule has 7 nitrogen and oxygen atoms in total. The third-order valence-electron chi connectivity index (χ3n) is 5.55. The number of benzene rings is 2. The molecule has 0 radical (unpaired) electrons. The molecule has 2 atom stereocenters. The summed E-state index contributed by atoms with van der Waals surface area (Å²) in [4.78, 5) is 21.1. The number of carbonyl (C=O) groups is 1. The van der Waals surface area contributed by atoms with Crippen LogP contribution in [-0.2, 0) is 9.53 Å². The lowest BCUT2D eigenvalue weighted by molar-refractivity contribution is -0.123. The Morgan fingerprint density at radius 1 is 1.21 bits per heavy atom. The van der Waals surface area contributed by atoms with Crippen LogP contribution in [0.25, 0.3) is 11.0 Å². The molecule has 3 N–H and O–H groups in total. The fraction of sp³-hybridized carbons (Fsp3) is 0.375. The number of morpholine rings is 1. The summed E-state index contributed by atoms with van der Waals surface area (Å²) < 4.78 is 49.7. The third-order valence-corrected chi connectivity index (χ3v) is 5.55. The molecule has 3 aromatic rings. The van der Waals surface area contributed by atoms with E-state index in [4.69, 9.17) is 4.74 Å². The number of nitrogens with one attached hydrogen (secondary N) is 2. The highest BCUT2D eigenvalue weighted by Gasteiger charge is 2.29. The van der Waals surface area contributed by atoms with Crippen LogP contribution in [0.5, 0.6) is 0 Å². The first kappa shape index (κ1) is 24.1. The zero-order valence-corrected chi connectivity index (χ0v) is 19.0. The van der Waals surface area contributed by atoms with E-state index in [-0.39, 0.29) is 11.7 Å². The van der Waals surface area contributed by atoms with Crippen molar-refractivity contribution < 1.29 is 27.8 Å². The van der Waals surface area contributed by atoms with Crippen LogP contribution in [0, 0.1) is 22.9 Å². The zero-order valence-electron chi connectivity index (χ0n) is 19.0. The summed E-state index contributed by atoms with van der Waals surface area (Å²) in [6.07, 6.45) is -0.550. The van der Waals surface area contributed by atoms with Gasteiger partial charge in [0.15, 0.2) is 17.5 Å². The molecule has 0 spiro atoms. The number of anilines is 1. The normalized spacial score (nSPS) is 17.6. The third kappa shape index (κ3) is 4.75. The maximum Gasteiger partial charge on any atom is 0.229 e. The van der Waals surface area contributed by atoms with Gasteiger partial charge in [0.2, 0.25) is 5.91 Å². The van der Waals surface area contributed by atoms with Gasteiger partial charge >= 0.3 is 0 Å². The number of aliphatic hydroxyl groups is 1. The fourth-order valence-corrected chi connectivity index (χ4v) is 3.55. The maximum absolute atomic E-state index is 15.1. The van der Waals surface area contributed by atoms with Gasteiger partial charge in [-0.05, 0) is 17.7 Å². The van der Waals surface area contributed by atoms with Gasteiger partial charge in [0.25, 0.3) is 0 Å². The molecule has 10 heteroatoms. The molecule has 1 fully saturated rings. The van der Waals surface area contributed by atoms with Crippen LogP contribution < -0.4 is 10.6 Å². The highest BCUT2D eigenvalue weighted by Crippen LogP contribution is 2.34. The van der Waals surface area contributed by atoms with Gasteiger partial charge in [-0.15, -0.1) is 0 Å². The predicted octanol–water partition coefficient (Wildman–Crippen LogP) is 3.77. The van der Waals surface area contributed by atoms with Crippen LogP contribution in [0.2, 0.25) is 0 Å². The molecule has 1 aliphatic heterocycles. The van der Waals surface area contributed by atoms with Gasteiger partial charge in [-0.25, -0.2) is 18.2 Å². The highest BCUT2D eigenvalue weighted by atomic mass is 19.2. The monoisotopic (exact) mass is 474 g/mol. The largest absolute Gasteiger partial charge is 0.383 e. The van der Waals surface area contributed by atoms with E-state index in [2.05, 4.69) is 20.6 Å². The van der Waals surface area contributed by atoms with Crippen molar-refractivity contribution >= 4 is 22.6 Å². The van der Waals surface area contributed by atoms with E-state index in [9.17, 15) is 18.7 Å². The van der Waals surface area contributed by atoms with Crippen molar-refractivity contribution in [1.82, 2.24) is 15.3 Å². The van der Waals surface area contributed by atoms with Crippen molar-refractivity contribution in [3.05, 3.63) is 64.7 Å². The number of hydrogen-bond donors (Lipinski definition) is 3. The first-order chi connectivity index (χ1) is 16.1. The zero-order chi connectivity index (χ0) is 24.6. The number of aliphatic hydroxyl groups excluding tert-OH is 1. The Morgan fingerprint density at radius 2 is 1.97 bits per heavy atom. The molecule has 1 saturated heterocycles. The predicted molar refractivity (Wildman–Crippen MR) is 120 cm³/mol. The van der Waals surface area contributed by atoms with Gasteiger partial charge < -0.3 is 20.5 Å². The Morgan fingerprint density at radius 3 is 2.65 bits per heavy atom. The Balaban J connectivity index is 1.68. The topological polar surface area (TPSA) is 96.4 Å². The van der Waals surface area contributed by atoms with E-state index < -0.39 is 46.1 Å². The Kier molecular flexibility index (Phi) is 6.57. The summed E-state index contributed by atoms with van der Waals surface area (Å²) in [6, 6.07) is 4.97. The number of fused-ring (bicyclic) bond motifs is 1. The molecule has 0 saturated carbocycles. The van der Waals surface area contributed by atoms with Crippen LogP contribution >= 0.6 is 0 Å². The molecule has 2 aromatic carbocycles. The molecule has 0 aliphatic carbocycles. The number of hydrogen-bond acceptors (Lipinski definition) is 6. The van der Waals surface area contributed by atoms with E-state index in [1.54, 1.807) is 33.0 Å². The van der Waals surface area contributed by atoms with Crippen LogP contribution in [0.1, 0.15) is 49.8 Å². The van der Waals surface area contributed by atoms with Crippen molar-refractivity contribution in [3.63, 3.8) is 0 Å². The molecule has 1 aliphatic rings. The number of halogens is 3. The standard InChI is InChI=1S/C24H25F3N4O3/c1-24(2,3)23(33)31-16-9-13(25)20(26)19(21(16)27)22(32)12-4-5-14-15(8-12)29-10-17(30-14)18-11-28-6-7-34-18/h4-5,8-10,18,22,28,32H,6-7,11H2,1-3H3,(H,31,33). The number of aromatic nitrogens is 2. The lowest BCUT2D eigenvalue weighted by atomic mass is 9.95. The lowest BCUT2D eigenvalue weighted by Gasteiger charge is -2.23. The summed E-state index contributed by atoms with van der Waals surface area (Å²) in [5.41, 5.74) is -0.765. The molecule has 2 unspecified atom stereocenters. The van der Waals surface area contributed by atoms with E-state index in [1.165, 1.54) is 12.1 Å². The molecular formula is C24H25F3N4O3. The fourth-order valence-electron chi connectivity index (χ4n) is 3.55. The molecule has 1 aromatic heterocycles. The van der Waals surface area contributed by atoms with E-state index in [0.717, 1.165) is 6.54 Å². The second kappa shape index (κ2) is 9.28. The first-order valence-corrected chi connectivity index (χ1v) is 10.8. The van der Waals surface area contributed by atoms with Crippen LogP contribution in [0.3, 0.4) is 0 Å². The number of ether oxygens (including phenoxy) is 1. The van der Waals surface area contributed by atoms with Gasteiger partial charge in [0.05, 0.1) is 40.8 Å². The number of carbonyl (C=O) groups excluding carboxylic acids is 1. The second-order valence-electron chi connectivity index (χ2n) is 9.16. The van der Waals surface area contributed by atoms with Crippen molar-refractivity contribution in [2.75, 3.05) is 25.0 Å². The van der Waals surface area contributed by atoms with Crippen LogP contribution in [0.4, 0.5) is 18.9 Å². The Hall–Kier alpha value is -3.08. The van der Waals surface area contributed by atoms with Crippen molar-refractivity contribution in [1.29, 1.82) is 0 Å². The smallest absolute Gasteiger partial charge is 0.229 e. The minimum absolute atomic E-state index is 0.0848.